The summed E-state index contributed by atoms with van der Waals surface area (Å²) >= 11 is 0. The lowest BCUT2D eigenvalue weighted by Gasteiger charge is -2.43. The van der Waals surface area contributed by atoms with Crippen molar-refractivity contribution in [3.8, 4) is 5.75 Å². The number of nitrogens with zero attached hydrogens (tertiary/aromatic N) is 2. The molecule has 2 aliphatic heterocycles. The fraction of sp³-hybridized carbons (Fsp3) is 0.375. The van der Waals surface area contributed by atoms with Gasteiger partial charge in [0.05, 0.1) is 18.7 Å². The molecule has 0 fully saturated rings. The first-order chi connectivity index (χ1) is 16.0. The Bertz CT molecular complexity index is 1190. The van der Waals surface area contributed by atoms with Crippen molar-refractivity contribution in [1.82, 2.24) is 0 Å². The monoisotopic (exact) mass is 468 g/mol. The third-order valence-corrected chi connectivity index (χ3v) is 5.97. The van der Waals surface area contributed by atoms with Gasteiger partial charge in [-0.05, 0) is 38.5 Å². The number of para-hydroxylation sites is 2. The number of esters is 1. The number of benzene rings is 2. The summed E-state index contributed by atoms with van der Waals surface area (Å²) in [6, 6.07) is 12.9. The van der Waals surface area contributed by atoms with E-state index in [2.05, 4.69) is 0 Å². The van der Waals surface area contributed by atoms with Crippen LogP contribution in [0.4, 0.5) is 10.5 Å². The number of anilines is 1. The zero-order chi connectivity index (χ0) is 24.8. The quantitative estimate of drug-likeness (QED) is 0.382. The smallest absolute Gasteiger partial charge is 0.421 e. The Morgan fingerprint density at radius 2 is 1.79 bits per heavy atom. The standard InChI is InChI=1S/C24H24N2O8/c1-23(2,3)34-22(29)26-17-11-7-6-10-15(17)24(21(26)28)16(13-25(30)31)14-9-5-8-12-18(14)33-19(24)20(27)32-4/h5-12,16,19H,13H2,1-4H3/t16-,19-,24+/m0/s1. The highest BCUT2D eigenvalue weighted by Crippen LogP contribution is 2.57. The maximum atomic E-state index is 14.2. The topological polar surface area (TPSA) is 125 Å². The Morgan fingerprint density at radius 1 is 1.15 bits per heavy atom. The molecular weight excluding hydrogens is 444 g/mol. The summed E-state index contributed by atoms with van der Waals surface area (Å²) in [6.45, 7) is 4.27. The molecule has 2 heterocycles. The van der Waals surface area contributed by atoms with E-state index in [4.69, 9.17) is 14.2 Å². The Labute approximate surface area is 195 Å². The van der Waals surface area contributed by atoms with Crippen molar-refractivity contribution >= 4 is 23.7 Å². The van der Waals surface area contributed by atoms with Crippen molar-refractivity contribution in [2.45, 2.75) is 43.8 Å². The van der Waals surface area contributed by atoms with E-state index in [1.165, 1.54) is 6.07 Å². The molecule has 0 N–H and O–H groups in total. The van der Waals surface area contributed by atoms with Gasteiger partial charge in [0.1, 0.15) is 16.8 Å². The number of methoxy groups -OCH3 is 1. The number of imide groups is 1. The van der Waals surface area contributed by atoms with Crippen LogP contribution >= 0.6 is 0 Å². The molecule has 10 heteroatoms. The van der Waals surface area contributed by atoms with Gasteiger partial charge in [-0.15, -0.1) is 0 Å². The van der Waals surface area contributed by atoms with Crippen molar-refractivity contribution in [3.05, 3.63) is 69.8 Å². The first-order valence-corrected chi connectivity index (χ1v) is 10.6. The van der Waals surface area contributed by atoms with Gasteiger partial charge in [0.25, 0.3) is 5.91 Å². The third kappa shape index (κ3) is 3.46. The van der Waals surface area contributed by atoms with Crippen LogP contribution in [0.1, 0.15) is 37.8 Å². The molecule has 178 valence electrons. The van der Waals surface area contributed by atoms with E-state index in [0.29, 0.717) is 5.56 Å². The highest BCUT2D eigenvalue weighted by molar-refractivity contribution is 6.23. The minimum Gasteiger partial charge on any atom is -0.477 e. The van der Waals surface area contributed by atoms with E-state index in [9.17, 15) is 24.5 Å². The molecule has 4 rings (SSSR count). The van der Waals surface area contributed by atoms with Gasteiger partial charge in [-0.3, -0.25) is 14.9 Å². The van der Waals surface area contributed by atoms with Gasteiger partial charge in [-0.1, -0.05) is 36.4 Å². The molecule has 2 aromatic rings. The van der Waals surface area contributed by atoms with Crippen molar-refractivity contribution in [3.63, 3.8) is 0 Å². The fourth-order valence-electron chi connectivity index (χ4n) is 4.76. The molecule has 3 atom stereocenters. The third-order valence-electron chi connectivity index (χ3n) is 5.97. The molecule has 0 radical (unpaired) electrons. The maximum absolute atomic E-state index is 14.2. The van der Waals surface area contributed by atoms with E-state index < -0.39 is 52.5 Å². The molecule has 2 aromatic carbocycles. The summed E-state index contributed by atoms with van der Waals surface area (Å²) < 4.78 is 16.4. The number of hydrogen-bond acceptors (Lipinski definition) is 8. The van der Waals surface area contributed by atoms with Crippen molar-refractivity contribution in [2.24, 2.45) is 0 Å². The lowest BCUT2D eigenvalue weighted by atomic mass is 9.63. The summed E-state index contributed by atoms with van der Waals surface area (Å²) in [5.74, 6) is -2.63. The molecule has 0 aromatic heterocycles. The number of fused-ring (bicyclic) bond motifs is 3. The molecule has 0 aliphatic carbocycles. The lowest BCUT2D eigenvalue weighted by Crippen LogP contribution is -2.61. The summed E-state index contributed by atoms with van der Waals surface area (Å²) in [4.78, 5) is 52.5. The molecule has 2 amide bonds. The summed E-state index contributed by atoms with van der Waals surface area (Å²) in [7, 11) is 1.14. The van der Waals surface area contributed by atoms with Crippen LogP contribution in [0.3, 0.4) is 0 Å². The molecule has 10 nitrogen and oxygen atoms in total. The van der Waals surface area contributed by atoms with Crippen LogP contribution in [0.2, 0.25) is 0 Å². The largest absolute Gasteiger partial charge is 0.477 e. The van der Waals surface area contributed by atoms with Crippen LogP contribution in [0.25, 0.3) is 0 Å². The predicted octanol–water partition coefficient (Wildman–Crippen LogP) is 3.20. The summed E-state index contributed by atoms with van der Waals surface area (Å²) in [6.07, 6.45) is -2.53. The average Bonchev–Trinajstić information content (AvgIpc) is 3.02. The molecular formula is C24H24N2O8. The average molecular weight is 468 g/mol. The van der Waals surface area contributed by atoms with Gasteiger partial charge in [0.2, 0.25) is 12.6 Å². The van der Waals surface area contributed by atoms with Crippen molar-refractivity contribution in [2.75, 3.05) is 18.6 Å². The molecule has 0 unspecified atom stereocenters. The minimum absolute atomic E-state index is 0.173. The molecule has 2 aliphatic rings. The number of hydrogen-bond donors (Lipinski definition) is 0. The first-order valence-electron chi connectivity index (χ1n) is 10.6. The van der Waals surface area contributed by atoms with E-state index in [1.54, 1.807) is 63.2 Å². The second-order valence-electron chi connectivity index (χ2n) is 9.13. The van der Waals surface area contributed by atoms with Crippen LogP contribution in [0.15, 0.2) is 48.5 Å². The fourth-order valence-corrected chi connectivity index (χ4v) is 4.76. The van der Waals surface area contributed by atoms with Gasteiger partial charge in [0.15, 0.2) is 0 Å². The zero-order valence-corrected chi connectivity index (χ0v) is 19.1. The van der Waals surface area contributed by atoms with Crippen LogP contribution in [-0.4, -0.2) is 48.3 Å². The molecule has 0 saturated heterocycles. The SMILES string of the molecule is COC(=O)[C@@H]1Oc2ccccc2[C@H](C[N+](=O)[O-])[C@@]12C(=O)N(C(=O)OC(C)(C)C)c1ccccc12. The number of carbonyl (C=O) groups excluding carboxylic acids is 3. The molecule has 34 heavy (non-hydrogen) atoms. The number of amides is 2. The van der Waals surface area contributed by atoms with E-state index >= 15 is 0 Å². The van der Waals surface area contributed by atoms with Crippen LogP contribution in [0, 0.1) is 10.1 Å². The van der Waals surface area contributed by atoms with Crippen LogP contribution in [-0.2, 0) is 24.5 Å². The number of carbonyl (C=O) groups is 3. The number of ether oxygens (including phenoxy) is 3. The van der Waals surface area contributed by atoms with Crippen LogP contribution in [0.5, 0.6) is 5.75 Å². The van der Waals surface area contributed by atoms with Crippen molar-refractivity contribution in [1.29, 1.82) is 0 Å². The van der Waals surface area contributed by atoms with E-state index in [0.717, 1.165) is 12.0 Å². The lowest BCUT2D eigenvalue weighted by molar-refractivity contribution is -0.485. The van der Waals surface area contributed by atoms with Gasteiger partial charge < -0.3 is 14.2 Å². The van der Waals surface area contributed by atoms with E-state index in [1.807, 2.05) is 0 Å². The highest BCUT2D eigenvalue weighted by atomic mass is 16.6. The number of rotatable bonds is 3. The van der Waals surface area contributed by atoms with Gasteiger partial charge in [-0.2, -0.15) is 0 Å². The van der Waals surface area contributed by atoms with Crippen LogP contribution < -0.4 is 9.64 Å². The first kappa shape index (κ1) is 23.2. The van der Waals surface area contributed by atoms with Gasteiger partial charge in [0, 0.05) is 10.5 Å². The molecule has 1 spiro atoms. The number of nitro groups is 1. The highest BCUT2D eigenvalue weighted by Gasteiger charge is 2.68. The normalized spacial score (nSPS) is 23.1. The predicted molar refractivity (Wildman–Crippen MR) is 119 cm³/mol. The Balaban J connectivity index is 2.02. The summed E-state index contributed by atoms with van der Waals surface area (Å²) in [5.41, 5.74) is -2.04. The maximum Gasteiger partial charge on any atom is 0.421 e. The Hall–Kier alpha value is -3.95. The Kier molecular flexibility index (Phi) is 5.55. The molecule has 0 bridgehead atoms. The second kappa shape index (κ2) is 8.12. The summed E-state index contributed by atoms with van der Waals surface area (Å²) in [5, 5.41) is 11.8. The van der Waals surface area contributed by atoms with Gasteiger partial charge >= 0.3 is 12.1 Å². The van der Waals surface area contributed by atoms with Gasteiger partial charge in [-0.25, -0.2) is 14.5 Å². The Morgan fingerprint density at radius 3 is 2.44 bits per heavy atom. The minimum atomic E-state index is -1.93. The second-order valence-corrected chi connectivity index (χ2v) is 9.13. The van der Waals surface area contributed by atoms with E-state index in [-0.39, 0.29) is 17.0 Å². The zero-order valence-electron chi connectivity index (χ0n) is 19.1. The van der Waals surface area contributed by atoms with Crippen molar-refractivity contribution < 1.29 is 33.5 Å². The molecule has 0 saturated carbocycles.